The standard InChI is InChI=1S/C11H19NO3/c1-5-8-9(13)6-15-7-12(8)10(14)11(2,3)4/h5,8-9,13H,1,6-7H2,2-4H3/t8-,9?/m0/s1. The molecule has 1 aliphatic rings. The first-order valence-electron chi connectivity index (χ1n) is 5.07. The van der Waals surface area contributed by atoms with Gasteiger partial charge >= 0.3 is 0 Å². The molecule has 1 aliphatic heterocycles. The fourth-order valence-corrected chi connectivity index (χ4v) is 1.57. The van der Waals surface area contributed by atoms with Crippen LogP contribution in [0.25, 0.3) is 0 Å². The molecule has 0 radical (unpaired) electrons. The van der Waals surface area contributed by atoms with E-state index in [1.165, 1.54) is 4.90 Å². The third-order valence-electron chi connectivity index (χ3n) is 2.42. The second-order valence-electron chi connectivity index (χ2n) is 4.82. The highest BCUT2D eigenvalue weighted by Gasteiger charge is 2.36. The fourth-order valence-electron chi connectivity index (χ4n) is 1.57. The van der Waals surface area contributed by atoms with E-state index in [1.54, 1.807) is 6.08 Å². The normalized spacial score (nSPS) is 27.6. The summed E-state index contributed by atoms with van der Waals surface area (Å²) in [7, 11) is 0. The third kappa shape index (κ3) is 2.58. The smallest absolute Gasteiger partial charge is 0.230 e. The Hall–Kier alpha value is -0.870. The molecule has 0 saturated carbocycles. The summed E-state index contributed by atoms with van der Waals surface area (Å²) in [5.41, 5.74) is -0.471. The van der Waals surface area contributed by atoms with Crippen molar-refractivity contribution in [1.82, 2.24) is 4.90 Å². The number of aliphatic hydroxyl groups is 1. The van der Waals surface area contributed by atoms with E-state index >= 15 is 0 Å². The van der Waals surface area contributed by atoms with Gasteiger partial charge in [0, 0.05) is 5.41 Å². The molecule has 1 fully saturated rings. The van der Waals surface area contributed by atoms with Crippen LogP contribution in [0.5, 0.6) is 0 Å². The molecule has 1 rings (SSSR count). The van der Waals surface area contributed by atoms with Crippen LogP contribution in [0.15, 0.2) is 12.7 Å². The van der Waals surface area contributed by atoms with Crippen LogP contribution in [0.1, 0.15) is 20.8 Å². The van der Waals surface area contributed by atoms with Crippen LogP contribution in [-0.2, 0) is 9.53 Å². The molecule has 1 heterocycles. The SMILES string of the molecule is C=C[C@H]1C(O)COCN1C(=O)C(C)(C)C. The van der Waals surface area contributed by atoms with Crippen molar-refractivity contribution in [2.45, 2.75) is 32.9 Å². The second-order valence-corrected chi connectivity index (χ2v) is 4.82. The number of aliphatic hydroxyl groups excluding tert-OH is 1. The van der Waals surface area contributed by atoms with Gasteiger partial charge in [-0.25, -0.2) is 0 Å². The van der Waals surface area contributed by atoms with Gasteiger partial charge in [-0.05, 0) is 0 Å². The molecular weight excluding hydrogens is 194 g/mol. The Bertz CT molecular complexity index is 257. The maximum atomic E-state index is 12.0. The Balaban J connectivity index is 2.83. The van der Waals surface area contributed by atoms with E-state index in [4.69, 9.17) is 4.74 Å². The minimum atomic E-state index is -0.678. The molecule has 0 aliphatic carbocycles. The second kappa shape index (κ2) is 4.33. The lowest BCUT2D eigenvalue weighted by atomic mass is 9.93. The molecule has 4 nitrogen and oxygen atoms in total. The lowest BCUT2D eigenvalue weighted by Gasteiger charge is -2.40. The van der Waals surface area contributed by atoms with E-state index in [0.717, 1.165) is 0 Å². The molecule has 0 aromatic carbocycles. The van der Waals surface area contributed by atoms with Crippen molar-refractivity contribution in [1.29, 1.82) is 0 Å². The number of rotatable bonds is 1. The Morgan fingerprint density at radius 2 is 2.20 bits per heavy atom. The zero-order valence-corrected chi connectivity index (χ0v) is 9.56. The zero-order valence-electron chi connectivity index (χ0n) is 9.56. The predicted molar refractivity (Wildman–Crippen MR) is 57.1 cm³/mol. The van der Waals surface area contributed by atoms with Gasteiger partial charge in [0.25, 0.3) is 0 Å². The van der Waals surface area contributed by atoms with Crippen LogP contribution in [0.3, 0.4) is 0 Å². The molecule has 15 heavy (non-hydrogen) atoms. The Labute approximate surface area is 90.5 Å². The molecule has 0 aromatic heterocycles. The van der Waals surface area contributed by atoms with E-state index in [-0.39, 0.29) is 25.3 Å². The number of amides is 1. The summed E-state index contributed by atoms with van der Waals surface area (Å²) < 4.78 is 5.15. The molecule has 0 spiro atoms. The third-order valence-corrected chi connectivity index (χ3v) is 2.42. The molecule has 0 bridgehead atoms. The zero-order chi connectivity index (χ0) is 11.6. The maximum Gasteiger partial charge on any atom is 0.230 e. The number of carbonyl (C=O) groups excluding carboxylic acids is 1. The van der Waals surface area contributed by atoms with Gasteiger partial charge in [0.05, 0.1) is 12.6 Å². The highest BCUT2D eigenvalue weighted by atomic mass is 16.5. The summed E-state index contributed by atoms with van der Waals surface area (Å²) in [5, 5.41) is 9.66. The summed E-state index contributed by atoms with van der Waals surface area (Å²) in [6, 6.07) is -0.342. The van der Waals surface area contributed by atoms with Crippen LogP contribution >= 0.6 is 0 Å². The number of nitrogens with zero attached hydrogens (tertiary/aromatic N) is 1. The van der Waals surface area contributed by atoms with Crippen LogP contribution in [0.2, 0.25) is 0 Å². The molecule has 1 saturated heterocycles. The van der Waals surface area contributed by atoms with Crippen LogP contribution in [0, 0.1) is 5.41 Å². The van der Waals surface area contributed by atoms with Crippen molar-refractivity contribution in [3.63, 3.8) is 0 Å². The molecule has 1 amide bonds. The van der Waals surface area contributed by atoms with Gasteiger partial charge in [0.2, 0.25) is 5.91 Å². The Morgan fingerprint density at radius 1 is 1.60 bits per heavy atom. The van der Waals surface area contributed by atoms with Crippen molar-refractivity contribution in [3.05, 3.63) is 12.7 Å². The topological polar surface area (TPSA) is 49.8 Å². The first kappa shape index (κ1) is 12.2. The quantitative estimate of drug-likeness (QED) is 0.654. The summed E-state index contributed by atoms with van der Waals surface area (Å²) in [4.78, 5) is 13.6. The van der Waals surface area contributed by atoms with E-state index < -0.39 is 11.5 Å². The van der Waals surface area contributed by atoms with Crippen molar-refractivity contribution >= 4 is 5.91 Å². The summed E-state index contributed by atoms with van der Waals surface area (Å²) in [6.45, 7) is 9.65. The number of ether oxygens (including phenoxy) is 1. The van der Waals surface area contributed by atoms with Crippen LogP contribution < -0.4 is 0 Å². The lowest BCUT2D eigenvalue weighted by molar-refractivity contribution is -0.163. The van der Waals surface area contributed by atoms with E-state index in [9.17, 15) is 9.90 Å². The van der Waals surface area contributed by atoms with E-state index in [0.29, 0.717) is 0 Å². The van der Waals surface area contributed by atoms with E-state index in [1.807, 2.05) is 20.8 Å². The van der Waals surface area contributed by atoms with Gasteiger partial charge in [0.15, 0.2) is 0 Å². The van der Waals surface area contributed by atoms with E-state index in [2.05, 4.69) is 6.58 Å². The molecular formula is C11H19NO3. The number of hydrogen-bond donors (Lipinski definition) is 1. The molecule has 0 aromatic rings. The lowest BCUT2D eigenvalue weighted by Crippen LogP contribution is -2.55. The van der Waals surface area contributed by atoms with Crippen molar-refractivity contribution < 1.29 is 14.6 Å². The first-order valence-corrected chi connectivity index (χ1v) is 5.07. The van der Waals surface area contributed by atoms with Gasteiger partial charge < -0.3 is 14.7 Å². The highest BCUT2D eigenvalue weighted by Crippen LogP contribution is 2.22. The minimum Gasteiger partial charge on any atom is -0.388 e. The fraction of sp³-hybridized carbons (Fsp3) is 0.727. The minimum absolute atomic E-state index is 0.0360. The molecule has 4 heteroatoms. The largest absolute Gasteiger partial charge is 0.388 e. The summed E-state index contributed by atoms with van der Waals surface area (Å²) in [6.07, 6.45) is 0.916. The Morgan fingerprint density at radius 3 is 2.67 bits per heavy atom. The predicted octanol–water partition coefficient (Wildman–Crippen LogP) is 0.764. The van der Waals surface area contributed by atoms with Crippen LogP contribution in [0.4, 0.5) is 0 Å². The average Bonchev–Trinajstić information content (AvgIpc) is 2.14. The van der Waals surface area contributed by atoms with Crippen molar-refractivity contribution in [3.8, 4) is 0 Å². The highest BCUT2D eigenvalue weighted by molar-refractivity contribution is 5.82. The van der Waals surface area contributed by atoms with Gasteiger partial charge in [-0.3, -0.25) is 4.79 Å². The number of carbonyl (C=O) groups is 1. The Kier molecular flexibility index (Phi) is 3.52. The van der Waals surface area contributed by atoms with Gasteiger partial charge in [-0.2, -0.15) is 0 Å². The number of hydrogen-bond acceptors (Lipinski definition) is 3. The average molecular weight is 213 g/mol. The first-order chi connectivity index (χ1) is 6.88. The van der Waals surface area contributed by atoms with Gasteiger partial charge in [0.1, 0.15) is 12.8 Å². The van der Waals surface area contributed by atoms with Gasteiger partial charge in [-0.15, -0.1) is 6.58 Å². The molecule has 2 atom stereocenters. The van der Waals surface area contributed by atoms with Crippen LogP contribution in [-0.4, -0.2) is 41.4 Å². The molecule has 86 valence electrons. The van der Waals surface area contributed by atoms with Gasteiger partial charge in [-0.1, -0.05) is 26.8 Å². The maximum absolute atomic E-state index is 12.0. The van der Waals surface area contributed by atoms with Crippen molar-refractivity contribution in [2.24, 2.45) is 5.41 Å². The summed E-state index contributed by atoms with van der Waals surface area (Å²) in [5.74, 6) is -0.0360. The summed E-state index contributed by atoms with van der Waals surface area (Å²) >= 11 is 0. The van der Waals surface area contributed by atoms with Crippen molar-refractivity contribution in [2.75, 3.05) is 13.3 Å². The molecule has 1 unspecified atom stereocenters. The molecule has 1 N–H and O–H groups in total. The monoisotopic (exact) mass is 213 g/mol.